The molecule has 20 heteroatoms. The fourth-order valence-corrected chi connectivity index (χ4v) is 21.3. The molecule has 4 aliphatic heterocycles. The predicted octanol–water partition coefficient (Wildman–Crippen LogP) is 18.7. The van der Waals surface area contributed by atoms with Gasteiger partial charge in [-0.2, -0.15) is 0 Å². The second-order valence-electron chi connectivity index (χ2n) is 26.8. The molecule has 4 heterocycles. The van der Waals surface area contributed by atoms with Crippen LogP contribution in [0.4, 0.5) is 0 Å². The van der Waals surface area contributed by atoms with E-state index in [2.05, 4.69) is 137 Å². The first kappa shape index (κ1) is 69.9. The van der Waals surface area contributed by atoms with Crippen molar-refractivity contribution in [3.05, 3.63) is 163 Å². The Morgan fingerprint density at radius 2 is 0.800 bits per heavy atom. The summed E-state index contributed by atoms with van der Waals surface area (Å²) in [6.45, 7) is 30.4. The van der Waals surface area contributed by atoms with Gasteiger partial charge in [0.15, 0.2) is 5.76 Å². The lowest BCUT2D eigenvalue weighted by Crippen LogP contribution is -2.21. The monoisotopic (exact) mass is 1410 g/mol. The Kier molecular flexibility index (Phi) is 23.3. The van der Waals surface area contributed by atoms with Crippen molar-refractivity contribution < 1.29 is 47.5 Å². The van der Waals surface area contributed by atoms with Crippen LogP contribution in [0.25, 0.3) is 0 Å². The predicted molar refractivity (Wildman–Crippen MR) is 384 cm³/mol. The highest BCUT2D eigenvalue weighted by Gasteiger charge is 2.36. The molecule has 0 atom stereocenters. The number of hydrogen-bond acceptors (Lipinski definition) is 17. The highest BCUT2D eigenvalue weighted by Crippen LogP contribution is 2.64. The van der Waals surface area contributed by atoms with Crippen LogP contribution in [0, 0.1) is 0 Å². The average Bonchev–Trinajstić information content (AvgIpc) is 1.04. The van der Waals surface area contributed by atoms with Gasteiger partial charge >= 0.3 is 0 Å². The van der Waals surface area contributed by atoms with Crippen LogP contribution in [-0.4, -0.2) is 102 Å². The lowest BCUT2D eigenvalue weighted by atomic mass is 9.79. The number of Topliss-reactive ketones (excluding diaryl/α,β-unsaturated/α-hetero) is 2. The summed E-state index contributed by atoms with van der Waals surface area (Å²) in [7, 11) is 0. The van der Waals surface area contributed by atoms with Gasteiger partial charge in [-0.15, -0.1) is 35.3 Å². The summed E-state index contributed by atoms with van der Waals surface area (Å²) in [5, 5.41) is 0.979. The molecule has 0 aromatic heterocycles. The molecule has 0 saturated heterocycles. The molecule has 90 heavy (non-hydrogen) atoms. The third-order valence-electron chi connectivity index (χ3n) is 15.7. The number of carbonyl (C=O) groups is 2. The molecule has 6 aliphatic rings. The molecule has 0 fully saturated rings. The number of hydrogen-bond donors (Lipinski definition) is 0. The summed E-state index contributed by atoms with van der Waals surface area (Å²) >= 11 is 32.2. The fraction of sp³-hybridized carbons (Fsp3) is 0.486. The lowest BCUT2D eigenvalue weighted by Gasteiger charge is -2.29. The van der Waals surface area contributed by atoms with Gasteiger partial charge in [0.25, 0.3) is 0 Å². The largest absolute Gasteiger partial charge is 0.492 e. The molecule has 0 spiro atoms. The maximum Gasteiger partial charge on any atom is 0.242 e. The van der Waals surface area contributed by atoms with Crippen molar-refractivity contribution in [1.29, 1.82) is 0 Å². The Hall–Kier alpha value is -2.88. The minimum Gasteiger partial charge on any atom is -0.492 e. The molecule has 2 aliphatic carbocycles. The molecule has 4 aromatic rings. The third-order valence-corrected chi connectivity index (χ3v) is 26.9. The van der Waals surface area contributed by atoms with E-state index in [1.807, 2.05) is 82.3 Å². The first-order valence-corrected chi connectivity index (χ1v) is 38.0. The van der Waals surface area contributed by atoms with Crippen LogP contribution in [0.3, 0.4) is 0 Å². The van der Waals surface area contributed by atoms with Crippen LogP contribution in [0.15, 0.2) is 96.0 Å². The Morgan fingerprint density at radius 3 is 1.23 bits per heavy atom. The van der Waals surface area contributed by atoms with E-state index >= 15 is 0 Å². The molecule has 10 nitrogen and oxygen atoms in total. The van der Waals surface area contributed by atoms with Crippen molar-refractivity contribution in [3.63, 3.8) is 0 Å². The first-order valence-electron chi connectivity index (χ1n) is 30.6. The second-order valence-corrected chi connectivity index (χ2v) is 36.5. The van der Waals surface area contributed by atoms with Gasteiger partial charge in [0.2, 0.25) is 11.6 Å². The molecule has 10 rings (SSSR count). The van der Waals surface area contributed by atoms with E-state index in [1.54, 1.807) is 0 Å². The summed E-state index contributed by atoms with van der Waals surface area (Å²) in [6, 6.07) is 18.5. The van der Waals surface area contributed by atoms with Crippen molar-refractivity contribution in [2.24, 2.45) is 0 Å². The maximum absolute atomic E-state index is 13.4. The van der Waals surface area contributed by atoms with Crippen molar-refractivity contribution >= 4 is 129 Å². The quantitative estimate of drug-likeness (QED) is 0.0977. The van der Waals surface area contributed by atoms with E-state index in [4.69, 9.17) is 72.7 Å². The van der Waals surface area contributed by atoms with Gasteiger partial charge in [0.1, 0.15) is 64.5 Å². The molecule has 10 bridgehead atoms. The SMILES string of the molecule is CC(C)(C)c1cc2c3c(c1)Cc1cc(C(C)(C)C)cc(c1OCCOC1=C(Cl)C(=O)C(Cl)=C(Cl)C1=O)Cc1cc(C(C)(C)C)cc(c1OCCSC1=CSC(=C4SC5=C(SCCS5)S4)S1)Cc1cc(C(C)(C)C)cc(c1OCCOCCOCCOCCO3)C2. The Morgan fingerprint density at radius 1 is 0.433 bits per heavy atom. The second kappa shape index (κ2) is 30.0. The van der Waals surface area contributed by atoms with Crippen molar-refractivity contribution in [2.75, 3.05) is 89.9 Å². The number of allylic oxidation sites excluding steroid dienone is 3. The minimum absolute atomic E-state index is 0.0259. The fourth-order valence-electron chi connectivity index (χ4n) is 10.8. The zero-order chi connectivity index (χ0) is 64.3. The van der Waals surface area contributed by atoms with E-state index in [1.165, 1.54) is 26.7 Å². The molecule has 0 amide bonds. The minimum atomic E-state index is -0.780. The van der Waals surface area contributed by atoms with Crippen LogP contribution in [0.5, 0.6) is 23.0 Å². The summed E-state index contributed by atoms with van der Waals surface area (Å²) in [4.78, 5) is 26.4. The average molecular weight is 1410 g/mol. The van der Waals surface area contributed by atoms with Gasteiger partial charge < -0.3 is 37.9 Å². The normalized spacial score (nSPS) is 18.6. The molecule has 4 aromatic carbocycles. The number of benzene rings is 4. The van der Waals surface area contributed by atoms with E-state index in [-0.39, 0.29) is 40.6 Å². The lowest BCUT2D eigenvalue weighted by molar-refractivity contribution is -0.118. The van der Waals surface area contributed by atoms with Gasteiger partial charge in [-0.25, -0.2) is 0 Å². The number of fused-ring (bicyclic) bond motifs is 4. The molecular formula is C70H81Cl3O10S7. The molecule has 0 radical (unpaired) electrons. The molecule has 484 valence electrons. The summed E-state index contributed by atoms with van der Waals surface area (Å²) in [5.74, 6) is 4.22. The van der Waals surface area contributed by atoms with Crippen LogP contribution < -0.4 is 18.9 Å². The van der Waals surface area contributed by atoms with E-state index in [9.17, 15) is 9.59 Å². The van der Waals surface area contributed by atoms with Crippen molar-refractivity contribution in [3.8, 4) is 23.0 Å². The Labute approximate surface area is 577 Å². The molecule has 0 saturated carbocycles. The van der Waals surface area contributed by atoms with Crippen molar-refractivity contribution in [1.82, 2.24) is 0 Å². The van der Waals surface area contributed by atoms with Crippen LogP contribution >= 0.6 is 117 Å². The highest BCUT2D eigenvalue weighted by molar-refractivity contribution is 8.43. The standard InChI is InChI=1S/C70H81Cl3O10S7/c1-67(2,3)48-31-40-27-41-32-49(68(4,5)6)34-43-29-46-37-51(70(10,11)12)38-47(61(46)83-23-24-84-52-39-87-65(88-52)66-89-63-64(90-66)86-26-25-85-63)30-45-36-50(69(7,8)9)35-44(60(45)81-21-22-82-62-55(73)56(74)53(71)54(72)57(62)75)28-42(33-48)58(40)79-19-17-77-15-13-76-14-16-78-18-20-80-59(41)43/h31-39H,13-30H2,1-12H3. The van der Waals surface area contributed by atoms with E-state index < -0.39 is 26.7 Å². The Bertz CT molecular complexity index is 3560. The number of ketones is 2. The summed E-state index contributed by atoms with van der Waals surface area (Å²) < 4.78 is 60.0. The van der Waals surface area contributed by atoms with Crippen LogP contribution in [-0.2, 0) is 75.9 Å². The molecule has 0 N–H and O–H groups in total. The van der Waals surface area contributed by atoms with Gasteiger partial charge in [-0.1, -0.05) is 213 Å². The molecular weight excluding hydrogens is 1330 g/mol. The number of thioether (sulfide) groups is 7. The topological polar surface area (TPSA) is 108 Å². The van der Waals surface area contributed by atoms with Crippen molar-refractivity contribution in [2.45, 2.75) is 130 Å². The smallest absolute Gasteiger partial charge is 0.242 e. The summed E-state index contributed by atoms with van der Waals surface area (Å²) in [6.07, 6.45) is 1.85. The van der Waals surface area contributed by atoms with E-state index in [0.717, 1.165) is 95.7 Å². The zero-order valence-corrected chi connectivity index (χ0v) is 61.5. The first-order chi connectivity index (χ1) is 42.7. The zero-order valence-electron chi connectivity index (χ0n) is 53.5. The third kappa shape index (κ3) is 17.2. The van der Waals surface area contributed by atoms with Gasteiger partial charge in [0.05, 0.1) is 67.4 Å². The van der Waals surface area contributed by atoms with E-state index in [0.29, 0.717) is 90.9 Å². The number of ether oxygens (including phenoxy) is 8. The number of carbonyl (C=O) groups excluding carboxylic acids is 2. The number of rotatable bonds is 10. The van der Waals surface area contributed by atoms with Gasteiger partial charge in [-0.05, 0) is 93.8 Å². The number of halogens is 3. The molecule has 0 unspecified atom stereocenters. The van der Waals surface area contributed by atoms with Gasteiger partial charge in [0, 0.05) is 42.9 Å². The summed E-state index contributed by atoms with van der Waals surface area (Å²) in [5.41, 5.74) is 11.6. The van der Waals surface area contributed by atoms with Gasteiger partial charge in [-0.3, -0.25) is 9.59 Å². The highest BCUT2D eigenvalue weighted by atomic mass is 35.5. The van der Waals surface area contributed by atoms with Crippen LogP contribution in [0.1, 0.15) is 150 Å². The Balaban J connectivity index is 1.15. The maximum atomic E-state index is 13.4. The van der Waals surface area contributed by atoms with Crippen LogP contribution in [0.2, 0.25) is 0 Å².